The third-order valence-electron chi connectivity index (χ3n) is 4.59. The molecule has 1 heterocycles. The van der Waals surface area contributed by atoms with Gasteiger partial charge in [-0.25, -0.2) is 0 Å². The summed E-state index contributed by atoms with van der Waals surface area (Å²) in [6.07, 6.45) is 0.986. The van der Waals surface area contributed by atoms with E-state index in [2.05, 4.69) is 12.1 Å². The Balaban J connectivity index is 1.70. The first-order valence-corrected chi connectivity index (χ1v) is 7.88. The molecular formula is C19H22N2O2. The van der Waals surface area contributed by atoms with Gasteiger partial charge in [-0.15, -0.1) is 0 Å². The molecule has 4 nitrogen and oxygen atoms in total. The minimum atomic E-state index is 0.0627. The van der Waals surface area contributed by atoms with Crippen molar-refractivity contribution < 1.29 is 9.53 Å². The largest absolute Gasteiger partial charge is 0.497 e. The van der Waals surface area contributed by atoms with Crippen LogP contribution in [0, 0.1) is 6.92 Å². The molecule has 1 aliphatic rings. The third kappa shape index (κ3) is 3.16. The molecule has 1 atom stereocenters. The van der Waals surface area contributed by atoms with E-state index in [9.17, 15) is 4.79 Å². The van der Waals surface area contributed by atoms with Crippen molar-refractivity contribution in [3.8, 4) is 5.75 Å². The van der Waals surface area contributed by atoms with Crippen molar-refractivity contribution in [2.24, 2.45) is 0 Å². The molecule has 0 radical (unpaired) electrons. The van der Waals surface area contributed by atoms with Crippen LogP contribution in [0.5, 0.6) is 5.75 Å². The van der Waals surface area contributed by atoms with E-state index >= 15 is 0 Å². The van der Waals surface area contributed by atoms with Crippen LogP contribution in [-0.2, 0) is 0 Å². The highest BCUT2D eigenvalue weighted by Crippen LogP contribution is 2.29. The number of anilines is 1. The lowest BCUT2D eigenvalue weighted by Crippen LogP contribution is -2.28. The highest BCUT2D eigenvalue weighted by atomic mass is 16.5. The number of nitrogens with two attached hydrogens (primary N) is 1. The molecule has 0 unspecified atom stereocenters. The van der Waals surface area contributed by atoms with Crippen molar-refractivity contribution in [1.29, 1.82) is 0 Å². The Bertz CT molecular complexity index is 710. The minimum Gasteiger partial charge on any atom is -0.497 e. The standard InChI is InChI=1S/C19H22N2O2/c1-13-3-4-15(11-18(13)20)19(22)21-10-9-16(12-21)14-5-7-17(23-2)8-6-14/h3-8,11,16H,9-10,12,20H2,1-2H3/t16-/m1/s1. The number of aryl methyl sites for hydroxylation is 1. The topological polar surface area (TPSA) is 55.6 Å². The Kier molecular flexibility index (Phi) is 4.24. The van der Waals surface area contributed by atoms with Crippen LogP contribution in [0.3, 0.4) is 0 Å². The first kappa shape index (κ1) is 15.4. The lowest BCUT2D eigenvalue weighted by Gasteiger charge is -2.17. The van der Waals surface area contributed by atoms with Crippen LogP contribution >= 0.6 is 0 Å². The van der Waals surface area contributed by atoms with Gasteiger partial charge in [-0.2, -0.15) is 0 Å². The molecule has 2 aromatic carbocycles. The number of nitrogen functional groups attached to an aromatic ring is 1. The molecule has 2 N–H and O–H groups in total. The van der Waals surface area contributed by atoms with Gasteiger partial charge in [-0.1, -0.05) is 18.2 Å². The second kappa shape index (κ2) is 6.32. The Hall–Kier alpha value is -2.49. The molecule has 1 saturated heterocycles. The lowest BCUT2D eigenvalue weighted by molar-refractivity contribution is 0.0791. The summed E-state index contributed by atoms with van der Waals surface area (Å²) in [5, 5.41) is 0. The zero-order chi connectivity index (χ0) is 16.4. The number of hydrogen-bond donors (Lipinski definition) is 1. The van der Waals surface area contributed by atoms with Crippen molar-refractivity contribution in [2.75, 3.05) is 25.9 Å². The monoisotopic (exact) mass is 310 g/mol. The van der Waals surface area contributed by atoms with Gasteiger partial charge in [0.25, 0.3) is 5.91 Å². The molecule has 0 aromatic heterocycles. The van der Waals surface area contributed by atoms with Gasteiger partial charge in [0.1, 0.15) is 5.75 Å². The van der Waals surface area contributed by atoms with Crippen molar-refractivity contribution in [3.63, 3.8) is 0 Å². The molecule has 0 bridgehead atoms. The fourth-order valence-electron chi connectivity index (χ4n) is 3.05. The summed E-state index contributed by atoms with van der Waals surface area (Å²) >= 11 is 0. The molecule has 23 heavy (non-hydrogen) atoms. The molecule has 0 aliphatic carbocycles. The van der Waals surface area contributed by atoms with Crippen LogP contribution in [0.2, 0.25) is 0 Å². The highest BCUT2D eigenvalue weighted by molar-refractivity contribution is 5.95. The van der Waals surface area contributed by atoms with Crippen molar-refractivity contribution in [2.45, 2.75) is 19.3 Å². The molecule has 1 aliphatic heterocycles. The van der Waals surface area contributed by atoms with E-state index in [4.69, 9.17) is 10.5 Å². The molecule has 0 spiro atoms. The van der Waals surface area contributed by atoms with E-state index in [0.29, 0.717) is 17.2 Å². The summed E-state index contributed by atoms with van der Waals surface area (Å²) in [5.74, 6) is 1.30. The average molecular weight is 310 g/mol. The zero-order valence-corrected chi connectivity index (χ0v) is 13.6. The molecule has 120 valence electrons. The van der Waals surface area contributed by atoms with Crippen LogP contribution in [0.4, 0.5) is 5.69 Å². The highest BCUT2D eigenvalue weighted by Gasteiger charge is 2.28. The van der Waals surface area contributed by atoms with E-state index in [-0.39, 0.29) is 5.91 Å². The quantitative estimate of drug-likeness (QED) is 0.886. The van der Waals surface area contributed by atoms with E-state index in [0.717, 1.165) is 30.8 Å². The van der Waals surface area contributed by atoms with Gasteiger partial charge in [-0.05, 0) is 48.7 Å². The maximum atomic E-state index is 12.6. The smallest absolute Gasteiger partial charge is 0.253 e. The van der Waals surface area contributed by atoms with Crippen molar-refractivity contribution in [3.05, 3.63) is 59.2 Å². The molecular weight excluding hydrogens is 288 g/mol. The summed E-state index contributed by atoms with van der Waals surface area (Å²) in [4.78, 5) is 14.6. The van der Waals surface area contributed by atoms with E-state index in [1.807, 2.05) is 36.1 Å². The molecule has 3 rings (SSSR count). The predicted octanol–water partition coefficient (Wildman–Crippen LogP) is 3.22. The first-order chi connectivity index (χ1) is 11.1. The predicted molar refractivity (Wildman–Crippen MR) is 91.8 cm³/mol. The molecule has 2 aromatic rings. The van der Waals surface area contributed by atoms with Crippen LogP contribution in [0.25, 0.3) is 0 Å². The summed E-state index contributed by atoms with van der Waals surface area (Å²) in [7, 11) is 1.66. The molecule has 0 saturated carbocycles. The number of likely N-dealkylation sites (tertiary alicyclic amines) is 1. The third-order valence-corrected chi connectivity index (χ3v) is 4.59. The summed E-state index contributed by atoms with van der Waals surface area (Å²) in [5.41, 5.74) is 9.51. The lowest BCUT2D eigenvalue weighted by atomic mass is 9.98. The van der Waals surface area contributed by atoms with Gasteiger partial charge in [0.05, 0.1) is 7.11 Å². The Morgan fingerprint density at radius 3 is 2.61 bits per heavy atom. The van der Waals surface area contributed by atoms with E-state index < -0.39 is 0 Å². The number of rotatable bonds is 3. The number of carbonyl (C=O) groups excluding carboxylic acids is 1. The molecule has 1 amide bonds. The SMILES string of the molecule is COc1ccc([C@@H]2CCN(C(=O)c3ccc(C)c(N)c3)C2)cc1. The van der Waals surface area contributed by atoms with Crippen LogP contribution in [-0.4, -0.2) is 31.0 Å². The van der Waals surface area contributed by atoms with Gasteiger partial charge < -0.3 is 15.4 Å². The molecule has 1 fully saturated rings. The number of ether oxygens (including phenoxy) is 1. The van der Waals surface area contributed by atoms with E-state index in [1.54, 1.807) is 13.2 Å². The average Bonchev–Trinajstić information content (AvgIpc) is 3.07. The normalized spacial score (nSPS) is 17.3. The first-order valence-electron chi connectivity index (χ1n) is 7.88. The van der Waals surface area contributed by atoms with Crippen LogP contribution in [0.15, 0.2) is 42.5 Å². The van der Waals surface area contributed by atoms with Gasteiger partial charge in [0.15, 0.2) is 0 Å². The summed E-state index contributed by atoms with van der Waals surface area (Å²) in [6, 6.07) is 13.6. The van der Waals surface area contributed by atoms with Gasteiger partial charge >= 0.3 is 0 Å². The Labute approximate surface area is 136 Å². The maximum absolute atomic E-state index is 12.6. The number of carbonyl (C=O) groups is 1. The Morgan fingerprint density at radius 2 is 1.96 bits per heavy atom. The van der Waals surface area contributed by atoms with Gasteiger partial charge in [0, 0.05) is 30.3 Å². The van der Waals surface area contributed by atoms with Crippen molar-refractivity contribution in [1.82, 2.24) is 4.90 Å². The summed E-state index contributed by atoms with van der Waals surface area (Å²) in [6.45, 7) is 3.47. The number of benzene rings is 2. The number of amides is 1. The van der Waals surface area contributed by atoms with Gasteiger partial charge in [-0.3, -0.25) is 4.79 Å². The maximum Gasteiger partial charge on any atom is 0.253 e. The van der Waals surface area contributed by atoms with Gasteiger partial charge in [0.2, 0.25) is 0 Å². The van der Waals surface area contributed by atoms with E-state index in [1.165, 1.54) is 5.56 Å². The minimum absolute atomic E-state index is 0.0627. The fourth-order valence-corrected chi connectivity index (χ4v) is 3.05. The second-order valence-corrected chi connectivity index (χ2v) is 6.08. The number of nitrogens with zero attached hydrogens (tertiary/aromatic N) is 1. The number of hydrogen-bond acceptors (Lipinski definition) is 3. The molecule has 4 heteroatoms. The zero-order valence-electron chi connectivity index (χ0n) is 13.6. The van der Waals surface area contributed by atoms with Crippen LogP contribution < -0.4 is 10.5 Å². The van der Waals surface area contributed by atoms with Crippen molar-refractivity contribution >= 4 is 11.6 Å². The second-order valence-electron chi connectivity index (χ2n) is 6.08. The Morgan fingerprint density at radius 1 is 1.22 bits per heavy atom. The van der Waals surface area contributed by atoms with Crippen LogP contribution in [0.1, 0.15) is 33.8 Å². The number of methoxy groups -OCH3 is 1. The summed E-state index contributed by atoms with van der Waals surface area (Å²) < 4.78 is 5.19. The fraction of sp³-hybridized carbons (Fsp3) is 0.316.